The minimum atomic E-state index is -0.378. The molecule has 3 rings (SSSR count). The fraction of sp³-hybridized carbons (Fsp3) is 0.682. The molecule has 144 valence electrons. The van der Waals surface area contributed by atoms with Crippen molar-refractivity contribution in [1.82, 2.24) is 0 Å². The molecular weight excluding hydrogens is 324 g/mol. The van der Waals surface area contributed by atoms with Crippen LogP contribution < -0.4 is 5.73 Å². The van der Waals surface area contributed by atoms with Gasteiger partial charge >= 0.3 is 0 Å². The lowest BCUT2D eigenvalue weighted by molar-refractivity contribution is 0.139. The Balaban J connectivity index is 1.63. The standard InChI is InChI=1S/C22H34N2O2/c1-3-4-11-26-24-16(2)17-5-6-19-13-20(8-7-18(19)12-17)21-9-10-22(23,14-21)15-25/h7-8,13,17,21,25H,3-6,9-12,14-15,23H2,1-2H3/b24-16+/t17?,21-,22+/m0/s1. The first-order chi connectivity index (χ1) is 12.5. The molecule has 1 unspecified atom stereocenters. The van der Waals surface area contributed by atoms with Gasteiger partial charge in [0, 0.05) is 11.5 Å². The van der Waals surface area contributed by atoms with E-state index in [0.717, 1.165) is 63.7 Å². The Morgan fingerprint density at radius 3 is 2.92 bits per heavy atom. The SMILES string of the molecule is CCCCO/N=C(\C)C1CCc2cc([C@H]3CC[C@](N)(CO)C3)ccc2C1. The Bertz CT molecular complexity index is 643. The van der Waals surface area contributed by atoms with Crippen LogP contribution in [0.15, 0.2) is 23.4 Å². The summed E-state index contributed by atoms with van der Waals surface area (Å²) in [6.45, 7) is 5.08. The monoisotopic (exact) mass is 358 g/mol. The average molecular weight is 359 g/mol. The first-order valence-electron chi connectivity index (χ1n) is 10.2. The van der Waals surface area contributed by atoms with E-state index in [0.29, 0.717) is 11.8 Å². The number of rotatable bonds is 7. The summed E-state index contributed by atoms with van der Waals surface area (Å²) < 4.78 is 0. The summed E-state index contributed by atoms with van der Waals surface area (Å²) in [4.78, 5) is 5.45. The molecule has 0 radical (unpaired) electrons. The molecule has 0 aliphatic heterocycles. The van der Waals surface area contributed by atoms with Crippen molar-refractivity contribution in [2.24, 2.45) is 16.8 Å². The van der Waals surface area contributed by atoms with Crippen LogP contribution in [0.1, 0.15) is 75.0 Å². The number of aliphatic hydroxyl groups is 1. The number of nitrogens with two attached hydrogens (primary N) is 1. The minimum absolute atomic E-state index is 0.0923. The van der Waals surface area contributed by atoms with Gasteiger partial charge in [0.15, 0.2) is 0 Å². The molecule has 26 heavy (non-hydrogen) atoms. The van der Waals surface area contributed by atoms with Crippen molar-refractivity contribution in [3.63, 3.8) is 0 Å². The summed E-state index contributed by atoms with van der Waals surface area (Å²) >= 11 is 0. The largest absolute Gasteiger partial charge is 0.396 e. The molecule has 4 nitrogen and oxygen atoms in total. The van der Waals surface area contributed by atoms with Crippen molar-refractivity contribution in [3.05, 3.63) is 34.9 Å². The maximum atomic E-state index is 9.51. The third kappa shape index (κ3) is 4.47. The van der Waals surface area contributed by atoms with Gasteiger partial charge in [0.25, 0.3) is 0 Å². The van der Waals surface area contributed by atoms with Crippen molar-refractivity contribution < 1.29 is 9.94 Å². The zero-order chi connectivity index (χ0) is 18.6. The lowest BCUT2D eigenvalue weighted by atomic mass is 9.80. The van der Waals surface area contributed by atoms with E-state index in [-0.39, 0.29) is 12.1 Å². The lowest BCUT2D eigenvalue weighted by Gasteiger charge is -2.26. The van der Waals surface area contributed by atoms with Gasteiger partial charge in [-0.15, -0.1) is 0 Å². The van der Waals surface area contributed by atoms with Crippen molar-refractivity contribution in [1.29, 1.82) is 0 Å². The molecule has 0 aromatic heterocycles. The molecule has 0 bridgehead atoms. The summed E-state index contributed by atoms with van der Waals surface area (Å²) in [5.74, 6) is 0.984. The molecule has 0 amide bonds. The van der Waals surface area contributed by atoms with E-state index in [1.165, 1.54) is 16.7 Å². The fourth-order valence-electron chi connectivity index (χ4n) is 4.40. The molecule has 2 aliphatic carbocycles. The van der Waals surface area contributed by atoms with Gasteiger partial charge in [-0.1, -0.05) is 36.7 Å². The number of nitrogens with zero attached hydrogens (tertiary/aromatic N) is 1. The third-order valence-corrected chi connectivity index (χ3v) is 6.28. The quantitative estimate of drug-likeness (QED) is 0.441. The lowest BCUT2D eigenvalue weighted by Crippen LogP contribution is -2.40. The Hall–Kier alpha value is -1.39. The summed E-state index contributed by atoms with van der Waals surface area (Å²) in [6.07, 6.45) is 8.41. The minimum Gasteiger partial charge on any atom is -0.396 e. The number of aryl methyl sites for hydroxylation is 1. The van der Waals surface area contributed by atoms with Crippen LogP contribution >= 0.6 is 0 Å². The van der Waals surface area contributed by atoms with Crippen LogP contribution in [0.2, 0.25) is 0 Å². The highest BCUT2D eigenvalue weighted by molar-refractivity contribution is 5.84. The molecule has 3 N–H and O–H groups in total. The zero-order valence-corrected chi connectivity index (χ0v) is 16.3. The van der Waals surface area contributed by atoms with Crippen molar-refractivity contribution in [2.75, 3.05) is 13.2 Å². The van der Waals surface area contributed by atoms with Crippen molar-refractivity contribution in [3.8, 4) is 0 Å². The summed E-state index contributed by atoms with van der Waals surface area (Å²) in [6, 6.07) is 6.97. The second kappa shape index (κ2) is 8.53. The van der Waals surface area contributed by atoms with Crippen molar-refractivity contribution >= 4 is 5.71 Å². The highest BCUT2D eigenvalue weighted by Crippen LogP contribution is 2.40. The van der Waals surface area contributed by atoms with E-state index in [9.17, 15) is 5.11 Å². The second-order valence-corrected chi connectivity index (χ2v) is 8.35. The highest BCUT2D eigenvalue weighted by Gasteiger charge is 2.36. The predicted molar refractivity (Wildman–Crippen MR) is 107 cm³/mol. The Morgan fingerprint density at radius 2 is 2.19 bits per heavy atom. The number of oxime groups is 1. The average Bonchev–Trinajstić information content (AvgIpc) is 3.07. The third-order valence-electron chi connectivity index (χ3n) is 6.28. The van der Waals surface area contributed by atoms with Gasteiger partial charge in [0.2, 0.25) is 0 Å². The Labute approximate surface area is 157 Å². The van der Waals surface area contributed by atoms with Crippen LogP contribution in [-0.2, 0) is 17.7 Å². The molecule has 1 saturated carbocycles. The van der Waals surface area contributed by atoms with Crippen molar-refractivity contribution in [2.45, 2.75) is 76.7 Å². The Kier molecular flexibility index (Phi) is 6.36. The van der Waals surface area contributed by atoms with Gasteiger partial charge in [0.1, 0.15) is 6.61 Å². The number of fused-ring (bicyclic) bond motifs is 1. The first kappa shape index (κ1) is 19.4. The van der Waals surface area contributed by atoms with Gasteiger partial charge in [-0.05, 0) is 74.5 Å². The van der Waals surface area contributed by atoms with E-state index < -0.39 is 0 Å². The molecule has 0 saturated heterocycles. The van der Waals surface area contributed by atoms with Crippen LogP contribution in [0, 0.1) is 5.92 Å². The first-order valence-corrected chi connectivity index (χ1v) is 10.2. The van der Waals surface area contributed by atoms with E-state index in [1.807, 2.05) is 0 Å². The van der Waals surface area contributed by atoms with Gasteiger partial charge in [-0.2, -0.15) is 0 Å². The number of hydrogen-bond donors (Lipinski definition) is 2. The Morgan fingerprint density at radius 1 is 1.35 bits per heavy atom. The number of hydrogen-bond acceptors (Lipinski definition) is 4. The molecule has 1 aromatic rings. The van der Waals surface area contributed by atoms with Gasteiger partial charge < -0.3 is 15.7 Å². The van der Waals surface area contributed by atoms with E-state index in [2.05, 4.69) is 37.2 Å². The normalized spacial score (nSPS) is 28.8. The fourth-order valence-corrected chi connectivity index (χ4v) is 4.40. The molecule has 1 fully saturated rings. The number of unbranched alkanes of at least 4 members (excludes halogenated alkanes) is 1. The molecule has 2 aliphatic rings. The number of benzene rings is 1. The molecule has 4 heteroatoms. The maximum Gasteiger partial charge on any atom is 0.117 e. The molecular formula is C22H34N2O2. The maximum absolute atomic E-state index is 9.51. The van der Waals surface area contributed by atoms with Crippen LogP contribution in [-0.4, -0.2) is 29.6 Å². The van der Waals surface area contributed by atoms with Gasteiger partial charge in [0.05, 0.1) is 12.3 Å². The topological polar surface area (TPSA) is 67.8 Å². The zero-order valence-electron chi connectivity index (χ0n) is 16.3. The van der Waals surface area contributed by atoms with E-state index in [1.54, 1.807) is 0 Å². The summed E-state index contributed by atoms with van der Waals surface area (Å²) in [7, 11) is 0. The highest BCUT2D eigenvalue weighted by atomic mass is 16.6. The molecule has 1 aromatic carbocycles. The number of aliphatic hydroxyl groups excluding tert-OH is 1. The van der Waals surface area contributed by atoms with E-state index in [4.69, 9.17) is 10.6 Å². The van der Waals surface area contributed by atoms with Crippen LogP contribution in [0.4, 0.5) is 0 Å². The molecule has 3 atom stereocenters. The van der Waals surface area contributed by atoms with Gasteiger partial charge in [-0.25, -0.2) is 0 Å². The van der Waals surface area contributed by atoms with Gasteiger partial charge in [-0.3, -0.25) is 0 Å². The predicted octanol–water partition coefficient (Wildman–Crippen LogP) is 3.94. The molecule has 0 heterocycles. The van der Waals surface area contributed by atoms with Crippen LogP contribution in [0.25, 0.3) is 0 Å². The molecule has 0 spiro atoms. The smallest absolute Gasteiger partial charge is 0.117 e. The van der Waals surface area contributed by atoms with Crippen LogP contribution in [0.5, 0.6) is 0 Å². The summed E-state index contributed by atoms with van der Waals surface area (Å²) in [5.41, 5.74) is 11.3. The second-order valence-electron chi connectivity index (χ2n) is 8.35. The van der Waals surface area contributed by atoms with E-state index >= 15 is 0 Å². The summed E-state index contributed by atoms with van der Waals surface area (Å²) in [5, 5.41) is 13.9. The van der Waals surface area contributed by atoms with Crippen LogP contribution in [0.3, 0.4) is 0 Å².